The second-order valence-corrected chi connectivity index (χ2v) is 3.48. The van der Waals surface area contributed by atoms with Crippen molar-refractivity contribution in [3.63, 3.8) is 0 Å². The van der Waals surface area contributed by atoms with Crippen LogP contribution in [-0.4, -0.2) is 36.1 Å². The van der Waals surface area contributed by atoms with Crippen LogP contribution < -0.4 is 5.32 Å². The van der Waals surface area contributed by atoms with Gasteiger partial charge in [-0.1, -0.05) is 0 Å². The van der Waals surface area contributed by atoms with Gasteiger partial charge in [0.2, 0.25) is 0 Å². The highest BCUT2D eigenvalue weighted by Gasteiger charge is 2.51. The van der Waals surface area contributed by atoms with Gasteiger partial charge in [0.1, 0.15) is 0 Å². The van der Waals surface area contributed by atoms with Crippen molar-refractivity contribution in [2.24, 2.45) is 0 Å². The van der Waals surface area contributed by atoms with Crippen LogP contribution in [0.4, 0.5) is 0 Å². The molecule has 0 spiro atoms. The average molecular weight is 124 g/mol. The zero-order chi connectivity index (χ0) is 5.84. The van der Waals surface area contributed by atoms with Gasteiger partial charge in [-0.05, 0) is 12.8 Å². The number of piperidine rings is 1. The van der Waals surface area contributed by atoms with E-state index in [2.05, 4.69) is 10.2 Å². The number of rotatable bonds is 0. The van der Waals surface area contributed by atoms with Gasteiger partial charge in [-0.15, -0.1) is 0 Å². The third-order valence-corrected chi connectivity index (χ3v) is 3.05. The molecular weight excluding hydrogens is 112 g/mol. The van der Waals surface area contributed by atoms with Crippen molar-refractivity contribution in [2.45, 2.75) is 31.0 Å². The Balaban J connectivity index is 1.82. The molecule has 0 saturated carbocycles. The molecule has 50 valence electrons. The number of fused-ring (bicyclic) bond motifs is 3. The molecule has 3 heterocycles. The van der Waals surface area contributed by atoms with Crippen LogP contribution in [0.2, 0.25) is 0 Å². The van der Waals surface area contributed by atoms with Crippen LogP contribution in [0.15, 0.2) is 0 Å². The molecule has 3 aliphatic heterocycles. The van der Waals surface area contributed by atoms with E-state index in [4.69, 9.17) is 0 Å². The molecule has 0 aromatic carbocycles. The fourth-order valence-electron chi connectivity index (χ4n) is 2.28. The van der Waals surface area contributed by atoms with Crippen LogP contribution >= 0.6 is 0 Å². The first-order chi connectivity index (χ1) is 4.45. The van der Waals surface area contributed by atoms with Crippen molar-refractivity contribution in [3.05, 3.63) is 0 Å². The van der Waals surface area contributed by atoms with E-state index in [-0.39, 0.29) is 0 Å². The van der Waals surface area contributed by atoms with Crippen LogP contribution in [0.3, 0.4) is 0 Å². The van der Waals surface area contributed by atoms with Gasteiger partial charge in [-0.25, -0.2) is 0 Å². The molecule has 3 fully saturated rings. The topological polar surface area (TPSA) is 25.2 Å². The third-order valence-electron chi connectivity index (χ3n) is 3.05. The van der Waals surface area contributed by atoms with Crippen LogP contribution in [-0.2, 0) is 0 Å². The fourth-order valence-corrected chi connectivity index (χ4v) is 2.28. The molecule has 3 rings (SSSR count). The molecule has 9 heavy (non-hydrogen) atoms. The molecule has 1 N–H and O–H groups in total. The zero-order valence-corrected chi connectivity index (χ0v) is 5.51. The molecule has 0 aromatic rings. The Bertz CT molecular complexity index is 144. The minimum absolute atomic E-state index is 0.910. The van der Waals surface area contributed by atoms with E-state index >= 15 is 0 Å². The monoisotopic (exact) mass is 124 g/mol. The van der Waals surface area contributed by atoms with Gasteiger partial charge in [-0.3, -0.25) is 4.90 Å². The summed E-state index contributed by atoms with van der Waals surface area (Å²) in [6.45, 7) is 2.73. The highest BCUT2D eigenvalue weighted by Crippen LogP contribution is 2.35. The first kappa shape index (κ1) is 4.69. The fraction of sp³-hybridized carbons (Fsp3) is 1.00. The second-order valence-electron chi connectivity index (χ2n) is 3.48. The average Bonchev–Trinajstić information content (AvgIpc) is 2.43. The maximum atomic E-state index is 3.52. The maximum Gasteiger partial charge on any atom is 0.0381 e. The Morgan fingerprint density at radius 1 is 1.22 bits per heavy atom. The minimum Gasteiger partial charge on any atom is -0.307 e. The van der Waals surface area contributed by atoms with Crippen molar-refractivity contribution >= 4 is 0 Å². The number of nitrogens with zero attached hydrogens (tertiary/aromatic N) is 1. The van der Waals surface area contributed by atoms with Crippen molar-refractivity contribution in [1.29, 1.82) is 0 Å². The first-order valence-corrected chi connectivity index (χ1v) is 3.95. The van der Waals surface area contributed by atoms with E-state index in [1.165, 1.54) is 25.9 Å². The predicted octanol–water partition coefficient (Wildman–Crippen LogP) is -0.195. The summed E-state index contributed by atoms with van der Waals surface area (Å²) in [5, 5.41) is 3.52. The standard InChI is InChI=1S/C7H12N2/c1-3-9-4-2-6(9)7-5(1)8-7/h5-8H,1-4H2. The zero-order valence-electron chi connectivity index (χ0n) is 5.51. The van der Waals surface area contributed by atoms with E-state index in [0.29, 0.717) is 0 Å². The Morgan fingerprint density at radius 3 is 2.78 bits per heavy atom. The van der Waals surface area contributed by atoms with Crippen molar-refractivity contribution < 1.29 is 0 Å². The highest BCUT2D eigenvalue weighted by atomic mass is 15.3. The van der Waals surface area contributed by atoms with Gasteiger partial charge in [0.05, 0.1) is 0 Å². The van der Waals surface area contributed by atoms with Gasteiger partial charge < -0.3 is 5.32 Å². The normalized spacial score (nSPS) is 55.3. The molecular formula is C7H12N2. The van der Waals surface area contributed by atoms with Crippen LogP contribution in [0.5, 0.6) is 0 Å². The Hall–Kier alpha value is -0.0800. The van der Waals surface area contributed by atoms with Crippen LogP contribution in [0, 0.1) is 0 Å². The van der Waals surface area contributed by atoms with E-state index in [1.807, 2.05) is 0 Å². The third kappa shape index (κ3) is 0.485. The van der Waals surface area contributed by atoms with Gasteiger partial charge in [0.25, 0.3) is 0 Å². The van der Waals surface area contributed by atoms with Gasteiger partial charge in [0, 0.05) is 31.2 Å². The van der Waals surface area contributed by atoms with E-state index in [9.17, 15) is 0 Å². The Labute approximate surface area is 55.2 Å². The van der Waals surface area contributed by atoms with Gasteiger partial charge >= 0.3 is 0 Å². The number of hydrogen-bond donors (Lipinski definition) is 1. The molecule has 3 saturated heterocycles. The van der Waals surface area contributed by atoms with Crippen molar-refractivity contribution in [3.8, 4) is 0 Å². The Kier molecular flexibility index (Phi) is 0.691. The minimum atomic E-state index is 0.910. The van der Waals surface area contributed by atoms with Gasteiger partial charge in [0.15, 0.2) is 0 Å². The largest absolute Gasteiger partial charge is 0.307 e. The van der Waals surface area contributed by atoms with Crippen molar-refractivity contribution in [2.75, 3.05) is 13.1 Å². The molecule has 0 aromatic heterocycles. The summed E-state index contributed by atoms with van der Waals surface area (Å²) >= 11 is 0. The maximum absolute atomic E-state index is 3.52. The van der Waals surface area contributed by atoms with Crippen LogP contribution in [0.25, 0.3) is 0 Å². The SMILES string of the molecule is C1CN2CCC2C2NC12. The lowest BCUT2D eigenvalue weighted by Crippen LogP contribution is -2.54. The quantitative estimate of drug-likeness (QED) is 0.453. The summed E-state index contributed by atoms with van der Waals surface area (Å²) in [5.74, 6) is 0. The smallest absolute Gasteiger partial charge is 0.0381 e. The number of hydrogen-bond acceptors (Lipinski definition) is 2. The Morgan fingerprint density at radius 2 is 2.11 bits per heavy atom. The molecule has 2 heteroatoms. The molecule has 3 aliphatic rings. The summed E-state index contributed by atoms with van der Waals surface area (Å²) in [5.41, 5.74) is 0. The molecule has 3 unspecified atom stereocenters. The molecule has 0 aliphatic carbocycles. The number of nitrogens with one attached hydrogen (secondary N) is 1. The van der Waals surface area contributed by atoms with E-state index in [0.717, 1.165) is 18.1 Å². The lowest BCUT2D eigenvalue weighted by Gasteiger charge is -2.43. The summed E-state index contributed by atoms with van der Waals surface area (Å²) in [6.07, 6.45) is 2.86. The molecule has 0 radical (unpaired) electrons. The molecule has 0 amide bonds. The molecule has 2 nitrogen and oxygen atoms in total. The van der Waals surface area contributed by atoms with Gasteiger partial charge in [-0.2, -0.15) is 0 Å². The predicted molar refractivity (Wildman–Crippen MR) is 35.3 cm³/mol. The summed E-state index contributed by atoms with van der Waals surface area (Å²) in [6, 6.07) is 2.78. The lowest BCUT2D eigenvalue weighted by atomic mass is 9.92. The van der Waals surface area contributed by atoms with E-state index in [1.54, 1.807) is 0 Å². The van der Waals surface area contributed by atoms with Crippen molar-refractivity contribution in [1.82, 2.24) is 10.2 Å². The van der Waals surface area contributed by atoms with Crippen LogP contribution in [0.1, 0.15) is 12.8 Å². The molecule has 0 bridgehead atoms. The molecule has 3 atom stereocenters. The second kappa shape index (κ2) is 1.32. The summed E-state index contributed by atoms with van der Waals surface area (Å²) in [4.78, 5) is 2.61. The summed E-state index contributed by atoms with van der Waals surface area (Å²) in [7, 11) is 0. The lowest BCUT2D eigenvalue weighted by molar-refractivity contribution is 0.0711. The summed E-state index contributed by atoms with van der Waals surface area (Å²) < 4.78 is 0. The highest BCUT2D eigenvalue weighted by molar-refractivity contribution is 5.12. The van der Waals surface area contributed by atoms with E-state index < -0.39 is 0 Å². The first-order valence-electron chi connectivity index (χ1n) is 3.95.